The Morgan fingerprint density at radius 3 is 2.71 bits per heavy atom. The minimum atomic E-state index is -1.26. The van der Waals surface area contributed by atoms with Crippen LogP contribution in [0.3, 0.4) is 0 Å². The number of carbonyl (C=O) groups excluding carboxylic acids is 2. The van der Waals surface area contributed by atoms with E-state index in [1.807, 2.05) is 6.92 Å². The standard InChI is InChI=1S/C23H24FN3O4/c1-4-25-22(13(3)29)20(30)8-5-16-18(24)6-7-19-21(16)17(23(31)27-19)10-15-9-14(11-26-15)12(2)28/h6-7,9-11,13,20,22,25-26,29-30H,4H2,1-3H3,(H,27,31)/b17-10-/t13-,20-,22+/m1/s1. The van der Waals surface area contributed by atoms with Gasteiger partial charge in [-0.05, 0) is 44.7 Å². The lowest BCUT2D eigenvalue weighted by molar-refractivity contribution is -0.110. The normalized spacial score (nSPS) is 16.8. The molecule has 0 saturated heterocycles. The van der Waals surface area contributed by atoms with Crippen LogP contribution in [0.2, 0.25) is 0 Å². The summed E-state index contributed by atoms with van der Waals surface area (Å²) in [6, 6.07) is 3.52. The molecule has 3 rings (SSSR count). The van der Waals surface area contributed by atoms with E-state index in [1.54, 1.807) is 6.07 Å². The molecule has 1 aliphatic heterocycles. The first-order valence-corrected chi connectivity index (χ1v) is 9.89. The number of aliphatic hydroxyl groups is 2. The number of hydrogen-bond donors (Lipinski definition) is 5. The summed E-state index contributed by atoms with van der Waals surface area (Å²) in [4.78, 5) is 27.0. The van der Waals surface area contributed by atoms with E-state index in [4.69, 9.17) is 0 Å². The lowest BCUT2D eigenvalue weighted by Crippen LogP contribution is -2.46. The Morgan fingerprint density at radius 1 is 1.35 bits per heavy atom. The number of aromatic amines is 1. The maximum Gasteiger partial charge on any atom is 0.256 e. The average Bonchev–Trinajstić information content (AvgIpc) is 3.30. The van der Waals surface area contributed by atoms with Crippen molar-refractivity contribution in [1.29, 1.82) is 0 Å². The predicted octanol–water partition coefficient (Wildman–Crippen LogP) is 1.92. The molecule has 7 nitrogen and oxygen atoms in total. The molecule has 162 valence electrons. The van der Waals surface area contributed by atoms with Gasteiger partial charge in [-0.3, -0.25) is 9.59 Å². The zero-order chi connectivity index (χ0) is 22.7. The zero-order valence-electron chi connectivity index (χ0n) is 17.4. The molecule has 2 aromatic rings. The van der Waals surface area contributed by atoms with Crippen LogP contribution in [0.15, 0.2) is 24.4 Å². The number of nitrogens with one attached hydrogen (secondary N) is 3. The number of aromatic nitrogens is 1. The minimum absolute atomic E-state index is 0.0414. The van der Waals surface area contributed by atoms with E-state index in [2.05, 4.69) is 27.5 Å². The molecule has 31 heavy (non-hydrogen) atoms. The summed E-state index contributed by atoms with van der Waals surface area (Å²) in [7, 11) is 0. The monoisotopic (exact) mass is 425 g/mol. The highest BCUT2D eigenvalue weighted by molar-refractivity contribution is 6.35. The Morgan fingerprint density at radius 2 is 2.10 bits per heavy atom. The molecule has 0 unspecified atom stereocenters. The van der Waals surface area contributed by atoms with Crippen LogP contribution >= 0.6 is 0 Å². The Labute approximate surface area is 179 Å². The van der Waals surface area contributed by atoms with E-state index < -0.39 is 30.0 Å². The quantitative estimate of drug-likeness (QED) is 0.276. The number of carbonyl (C=O) groups is 2. The number of Topliss-reactive ketones (excluding diaryl/α,β-unsaturated/α-hetero) is 1. The van der Waals surface area contributed by atoms with Gasteiger partial charge in [0.2, 0.25) is 0 Å². The van der Waals surface area contributed by atoms with E-state index in [0.717, 1.165) is 0 Å². The number of benzene rings is 1. The molecule has 0 radical (unpaired) electrons. The Kier molecular flexibility index (Phi) is 6.71. The second-order valence-electron chi connectivity index (χ2n) is 7.30. The summed E-state index contributed by atoms with van der Waals surface area (Å²) in [5.41, 5.74) is 1.78. The molecule has 1 aliphatic rings. The topological polar surface area (TPSA) is 114 Å². The number of halogens is 1. The molecule has 1 aromatic carbocycles. The van der Waals surface area contributed by atoms with Crippen molar-refractivity contribution in [3.05, 3.63) is 52.6 Å². The first-order valence-electron chi connectivity index (χ1n) is 9.89. The van der Waals surface area contributed by atoms with Gasteiger partial charge in [0.25, 0.3) is 5.91 Å². The number of fused-ring (bicyclic) bond motifs is 1. The number of rotatable bonds is 6. The fourth-order valence-corrected chi connectivity index (χ4v) is 3.40. The molecule has 8 heteroatoms. The van der Waals surface area contributed by atoms with E-state index in [-0.39, 0.29) is 22.5 Å². The van der Waals surface area contributed by atoms with Gasteiger partial charge in [-0.1, -0.05) is 18.8 Å². The summed E-state index contributed by atoms with van der Waals surface area (Å²) in [6.45, 7) is 5.28. The SMILES string of the molecule is CCN[C@H]([C@H](O)C#Cc1c(F)ccc2c1/C(=C/c1cc(C(C)=O)c[nH]1)C(=O)N2)[C@@H](C)O. The Balaban J connectivity index is 2.04. The van der Waals surface area contributed by atoms with Crippen LogP contribution in [0.1, 0.15) is 48.0 Å². The number of ketones is 1. The summed E-state index contributed by atoms with van der Waals surface area (Å²) in [5.74, 6) is 4.02. The van der Waals surface area contributed by atoms with Crippen molar-refractivity contribution >= 4 is 29.0 Å². The van der Waals surface area contributed by atoms with Gasteiger partial charge in [-0.2, -0.15) is 0 Å². The molecule has 5 N–H and O–H groups in total. The van der Waals surface area contributed by atoms with Gasteiger partial charge in [0, 0.05) is 23.0 Å². The van der Waals surface area contributed by atoms with Gasteiger partial charge in [0.15, 0.2) is 5.78 Å². The number of hydrogen-bond acceptors (Lipinski definition) is 5. The van der Waals surface area contributed by atoms with Crippen LogP contribution in [-0.4, -0.2) is 51.7 Å². The smallest absolute Gasteiger partial charge is 0.256 e. The van der Waals surface area contributed by atoms with Crippen molar-refractivity contribution in [1.82, 2.24) is 10.3 Å². The van der Waals surface area contributed by atoms with Crippen molar-refractivity contribution in [3.8, 4) is 11.8 Å². The van der Waals surface area contributed by atoms with E-state index in [0.29, 0.717) is 23.5 Å². The summed E-state index contributed by atoms with van der Waals surface area (Å²) in [6.07, 6.45) is 0.917. The molecule has 0 spiro atoms. The van der Waals surface area contributed by atoms with Crippen molar-refractivity contribution in [2.45, 2.75) is 39.0 Å². The van der Waals surface area contributed by atoms with Gasteiger partial charge < -0.3 is 25.8 Å². The number of likely N-dealkylation sites (N-methyl/N-ethyl adjacent to an activating group) is 1. The molecule has 0 fully saturated rings. The minimum Gasteiger partial charge on any atom is -0.392 e. The molecular formula is C23H24FN3O4. The molecule has 3 atom stereocenters. The van der Waals surface area contributed by atoms with Crippen molar-refractivity contribution < 1.29 is 24.2 Å². The number of H-pyrrole nitrogens is 1. The third kappa shape index (κ3) is 4.75. The third-order valence-electron chi connectivity index (χ3n) is 4.97. The molecule has 0 saturated carbocycles. The molecule has 0 aliphatic carbocycles. The second kappa shape index (κ2) is 9.27. The summed E-state index contributed by atoms with van der Waals surface area (Å²) in [5, 5.41) is 25.8. The fraction of sp³-hybridized carbons (Fsp3) is 0.304. The summed E-state index contributed by atoms with van der Waals surface area (Å²) >= 11 is 0. The number of anilines is 1. The lowest BCUT2D eigenvalue weighted by atomic mass is 9.98. The van der Waals surface area contributed by atoms with Gasteiger partial charge in [-0.25, -0.2) is 4.39 Å². The Hall–Kier alpha value is -3.25. The first-order chi connectivity index (χ1) is 14.7. The van der Waals surface area contributed by atoms with E-state index in [1.165, 1.54) is 38.3 Å². The van der Waals surface area contributed by atoms with Crippen LogP contribution in [0.4, 0.5) is 10.1 Å². The Bertz CT molecular complexity index is 1110. The molecule has 1 amide bonds. The average molecular weight is 425 g/mol. The predicted molar refractivity (Wildman–Crippen MR) is 116 cm³/mol. The van der Waals surface area contributed by atoms with Gasteiger partial charge in [0.1, 0.15) is 11.9 Å². The number of aliphatic hydroxyl groups excluding tert-OH is 2. The fourth-order valence-electron chi connectivity index (χ4n) is 3.40. The van der Waals surface area contributed by atoms with Crippen molar-refractivity contribution in [3.63, 3.8) is 0 Å². The zero-order valence-corrected chi connectivity index (χ0v) is 17.4. The van der Waals surface area contributed by atoms with Crippen molar-refractivity contribution in [2.24, 2.45) is 0 Å². The summed E-state index contributed by atoms with van der Waals surface area (Å²) < 4.78 is 14.7. The van der Waals surface area contributed by atoms with Gasteiger partial charge in [0.05, 0.1) is 29.0 Å². The maximum absolute atomic E-state index is 14.7. The highest BCUT2D eigenvalue weighted by atomic mass is 19.1. The van der Waals surface area contributed by atoms with Crippen LogP contribution in [-0.2, 0) is 4.79 Å². The number of amides is 1. The van der Waals surface area contributed by atoms with Crippen molar-refractivity contribution in [2.75, 3.05) is 11.9 Å². The lowest BCUT2D eigenvalue weighted by Gasteiger charge is -2.22. The van der Waals surface area contributed by atoms with E-state index in [9.17, 15) is 24.2 Å². The van der Waals surface area contributed by atoms with Gasteiger partial charge in [-0.15, -0.1) is 0 Å². The van der Waals surface area contributed by atoms with Crippen LogP contribution in [0.5, 0.6) is 0 Å². The molecule has 1 aromatic heterocycles. The van der Waals surface area contributed by atoms with Crippen LogP contribution < -0.4 is 10.6 Å². The maximum atomic E-state index is 14.7. The van der Waals surface area contributed by atoms with Crippen LogP contribution in [0, 0.1) is 17.7 Å². The molecule has 0 bridgehead atoms. The first kappa shape index (κ1) is 22.4. The third-order valence-corrected chi connectivity index (χ3v) is 4.97. The van der Waals surface area contributed by atoms with Gasteiger partial charge >= 0.3 is 0 Å². The molecular weight excluding hydrogens is 401 g/mol. The highest BCUT2D eigenvalue weighted by Crippen LogP contribution is 2.36. The van der Waals surface area contributed by atoms with Crippen LogP contribution in [0.25, 0.3) is 11.6 Å². The second-order valence-corrected chi connectivity index (χ2v) is 7.30. The largest absolute Gasteiger partial charge is 0.392 e. The van der Waals surface area contributed by atoms with E-state index >= 15 is 0 Å². The highest BCUT2D eigenvalue weighted by Gasteiger charge is 2.29. The molecule has 2 heterocycles.